The van der Waals surface area contributed by atoms with Crippen LogP contribution in [0, 0.1) is 6.92 Å². The average Bonchev–Trinajstić information content (AvgIpc) is 2.50. The standard InChI is InChI=1S/C16H15ClN2O3S/c1-10-2-4-12(17)8-15(10)23(21,22)19-13-5-3-11-6-7-18-16(20)14(11)9-13/h2-5,8-9,19H,6-7H2,1H3,(H,18,20). The molecule has 0 atom stereocenters. The number of aryl methyl sites for hydroxylation is 1. The summed E-state index contributed by atoms with van der Waals surface area (Å²) in [7, 11) is -3.78. The van der Waals surface area contributed by atoms with Crippen molar-refractivity contribution >= 4 is 33.2 Å². The van der Waals surface area contributed by atoms with Crippen LogP contribution in [0.2, 0.25) is 5.02 Å². The highest BCUT2D eigenvalue weighted by Gasteiger charge is 2.20. The van der Waals surface area contributed by atoms with E-state index in [2.05, 4.69) is 10.0 Å². The number of nitrogens with one attached hydrogen (secondary N) is 2. The van der Waals surface area contributed by atoms with Crippen molar-refractivity contribution in [3.8, 4) is 0 Å². The SMILES string of the molecule is Cc1ccc(Cl)cc1S(=O)(=O)Nc1ccc2c(c1)C(=O)NCC2. The van der Waals surface area contributed by atoms with E-state index in [0.717, 1.165) is 12.0 Å². The van der Waals surface area contributed by atoms with E-state index >= 15 is 0 Å². The van der Waals surface area contributed by atoms with Crippen molar-refractivity contribution < 1.29 is 13.2 Å². The molecule has 1 aliphatic heterocycles. The Morgan fingerprint density at radius 2 is 1.96 bits per heavy atom. The molecule has 120 valence electrons. The van der Waals surface area contributed by atoms with Gasteiger partial charge in [0.15, 0.2) is 0 Å². The minimum absolute atomic E-state index is 0.118. The summed E-state index contributed by atoms with van der Waals surface area (Å²) in [6.07, 6.45) is 0.738. The van der Waals surface area contributed by atoms with Crippen LogP contribution in [0.15, 0.2) is 41.3 Å². The Labute approximate surface area is 139 Å². The van der Waals surface area contributed by atoms with E-state index in [1.54, 1.807) is 37.3 Å². The Bertz CT molecular complexity index is 894. The molecule has 0 aromatic heterocycles. The molecule has 0 saturated heterocycles. The summed E-state index contributed by atoms with van der Waals surface area (Å²) < 4.78 is 27.6. The number of rotatable bonds is 3. The lowest BCUT2D eigenvalue weighted by Gasteiger charge is -2.18. The van der Waals surface area contributed by atoms with Crippen LogP contribution < -0.4 is 10.0 Å². The topological polar surface area (TPSA) is 75.3 Å². The van der Waals surface area contributed by atoms with Crippen LogP contribution >= 0.6 is 11.6 Å². The molecule has 0 fully saturated rings. The molecule has 7 heteroatoms. The van der Waals surface area contributed by atoms with Gasteiger partial charge in [-0.2, -0.15) is 0 Å². The maximum atomic E-state index is 12.6. The summed E-state index contributed by atoms with van der Waals surface area (Å²) in [6.45, 7) is 2.30. The van der Waals surface area contributed by atoms with Crippen molar-refractivity contribution in [3.63, 3.8) is 0 Å². The molecular weight excluding hydrogens is 336 g/mol. The van der Waals surface area contributed by atoms with Crippen LogP contribution in [0.25, 0.3) is 0 Å². The quantitative estimate of drug-likeness (QED) is 0.893. The summed E-state index contributed by atoms with van der Waals surface area (Å²) in [5.41, 5.74) is 2.35. The van der Waals surface area contributed by atoms with Gasteiger partial charge in [0.05, 0.1) is 4.90 Å². The molecule has 3 rings (SSSR count). The smallest absolute Gasteiger partial charge is 0.262 e. The van der Waals surface area contributed by atoms with E-state index in [-0.39, 0.29) is 10.8 Å². The minimum Gasteiger partial charge on any atom is -0.352 e. The summed E-state index contributed by atoms with van der Waals surface area (Å²) in [4.78, 5) is 12.0. The number of sulfonamides is 1. The molecule has 0 spiro atoms. The summed E-state index contributed by atoms with van der Waals surface area (Å²) >= 11 is 5.89. The normalized spacial score (nSPS) is 14.1. The van der Waals surface area contributed by atoms with E-state index in [1.165, 1.54) is 6.07 Å². The van der Waals surface area contributed by atoms with Crippen LogP contribution in [0.4, 0.5) is 5.69 Å². The third kappa shape index (κ3) is 3.18. The second kappa shape index (κ2) is 5.86. The molecule has 2 aromatic carbocycles. The van der Waals surface area contributed by atoms with Crippen LogP contribution in [0.5, 0.6) is 0 Å². The second-order valence-corrected chi connectivity index (χ2v) is 7.48. The molecule has 2 aromatic rings. The van der Waals surface area contributed by atoms with Gasteiger partial charge >= 0.3 is 0 Å². The molecule has 0 bridgehead atoms. The zero-order valence-corrected chi connectivity index (χ0v) is 14.0. The number of hydrogen-bond donors (Lipinski definition) is 2. The molecule has 5 nitrogen and oxygen atoms in total. The van der Waals surface area contributed by atoms with Gasteiger partial charge in [-0.05, 0) is 48.7 Å². The Hall–Kier alpha value is -2.05. The molecule has 1 amide bonds. The highest BCUT2D eigenvalue weighted by molar-refractivity contribution is 7.92. The third-order valence-electron chi connectivity index (χ3n) is 3.73. The molecule has 0 aliphatic carbocycles. The number of carbonyl (C=O) groups excluding carboxylic acids is 1. The Kier molecular flexibility index (Phi) is 4.04. The van der Waals surface area contributed by atoms with E-state index in [4.69, 9.17) is 11.6 Å². The van der Waals surface area contributed by atoms with Crippen molar-refractivity contribution in [2.75, 3.05) is 11.3 Å². The van der Waals surface area contributed by atoms with Gasteiger partial charge in [-0.3, -0.25) is 9.52 Å². The predicted octanol–water partition coefficient (Wildman–Crippen LogP) is 2.74. The minimum atomic E-state index is -3.78. The van der Waals surface area contributed by atoms with Crippen LogP contribution in [-0.2, 0) is 16.4 Å². The predicted molar refractivity (Wildman–Crippen MR) is 89.5 cm³/mol. The van der Waals surface area contributed by atoms with Gasteiger partial charge < -0.3 is 5.32 Å². The average molecular weight is 351 g/mol. The summed E-state index contributed by atoms with van der Waals surface area (Å²) in [5.74, 6) is -0.189. The molecule has 0 saturated carbocycles. The van der Waals surface area contributed by atoms with Crippen LogP contribution in [-0.4, -0.2) is 20.9 Å². The zero-order chi connectivity index (χ0) is 16.6. The Balaban J connectivity index is 1.96. The lowest BCUT2D eigenvalue weighted by molar-refractivity contribution is 0.0946. The maximum Gasteiger partial charge on any atom is 0.262 e. The van der Waals surface area contributed by atoms with Crippen molar-refractivity contribution in [1.82, 2.24) is 5.32 Å². The number of halogens is 1. The van der Waals surface area contributed by atoms with Gasteiger partial charge in [-0.25, -0.2) is 8.42 Å². The first-order valence-corrected chi connectivity index (χ1v) is 8.93. The third-order valence-corrected chi connectivity index (χ3v) is 5.48. The van der Waals surface area contributed by atoms with Crippen molar-refractivity contribution in [2.45, 2.75) is 18.2 Å². The fourth-order valence-electron chi connectivity index (χ4n) is 2.55. The van der Waals surface area contributed by atoms with E-state index in [0.29, 0.717) is 28.4 Å². The first-order valence-electron chi connectivity index (χ1n) is 7.07. The van der Waals surface area contributed by atoms with Gasteiger partial charge in [-0.1, -0.05) is 23.7 Å². The highest BCUT2D eigenvalue weighted by Crippen LogP contribution is 2.25. The monoisotopic (exact) mass is 350 g/mol. The summed E-state index contributed by atoms with van der Waals surface area (Å²) in [5, 5.41) is 3.09. The fraction of sp³-hybridized carbons (Fsp3) is 0.188. The first-order chi connectivity index (χ1) is 10.9. The molecule has 1 aliphatic rings. The molecule has 1 heterocycles. The van der Waals surface area contributed by atoms with Crippen LogP contribution in [0.1, 0.15) is 21.5 Å². The van der Waals surface area contributed by atoms with Crippen molar-refractivity contribution in [1.29, 1.82) is 0 Å². The van der Waals surface area contributed by atoms with Gasteiger partial charge in [-0.15, -0.1) is 0 Å². The number of fused-ring (bicyclic) bond motifs is 1. The number of anilines is 1. The maximum absolute atomic E-state index is 12.6. The summed E-state index contributed by atoms with van der Waals surface area (Å²) in [6, 6.07) is 9.69. The van der Waals surface area contributed by atoms with Crippen molar-refractivity contribution in [2.24, 2.45) is 0 Å². The number of carbonyl (C=O) groups is 1. The van der Waals surface area contributed by atoms with Gasteiger partial charge in [0, 0.05) is 22.8 Å². The molecule has 2 N–H and O–H groups in total. The highest BCUT2D eigenvalue weighted by atomic mass is 35.5. The van der Waals surface area contributed by atoms with E-state index < -0.39 is 10.0 Å². The van der Waals surface area contributed by atoms with Crippen LogP contribution in [0.3, 0.4) is 0 Å². The van der Waals surface area contributed by atoms with Gasteiger partial charge in [0.2, 0.25) is 0 Å². The largest absolute Gasteiger partial charge is 0.352 e. The fourth-order valence-corrected chi connectivity index (χ4v) is 4.11. The molecule has 23 heavy (non-hydrogen) atoms. The van der Waals surface area contributed by atoms with Gasteiger partial charge in [0.1, 0.15) is 0 Å². The number of benzene rings is 2. The number of hydrogen-bond acceptors (Lipinski definition) is 3. The van der Waals surface area contributed by atoms with E-state index in [1.807, 2.05) is 0 Å². The van der Waals surface area contributed by atoms with Crippen molar-refractivity contribution in [3.05, 3.63) is 58.1 Å². The molecule has 0 radical (unpaired) electrons. The van der Waals surface area contributed by atoms with E-state index in [9.17, 15) is 13.2 Å². The second-order valence-electron chi connectivity index (χ2n) is 5.39. The number of amides is 1. The first kappa shape index (κ1) is 15.8. The van der Waals surface area contributed by atoms with Gasteiger partial charge in [0.25, 0.3) is 15.9 Å². The molecular formula is C16H15ClN2O3S. The Morgan fingerprint density at radius 1 is 1.17 bits per heavy atom. The lowest BCUT2D eigenvalue weighted by Crippen LogP contribution is -2.31. The zero-order valence-electron chi connectivity index (χ0n) is 12.4. The molecule has 0 unspecified atom stereocenters. The lowest BCUT2D eigenvalue weighted by atomic mass is 10.00. The Morgan fingerprint density at radius 3 is 2.74 bits per heavy atom.